The maximum absolute atomic E-state index is 12.0. The zero-order chi connectivity index (χ0) is 11.8. The van der Waals surface area contributed by atoms with E-state index in [1.54, 1.807) is 0 Å². The third-order valence-corrected chi connectivity index (χ3v) is 7.15. The standard InChI is InChI=1S/C10H16O5S/c1-6-7-3-16(13,14)8-2-9(6,4-11)15-10(7,8)5-12/h6-8,11-12H,2-5H2,1H3. The summed E-state index contributed by atoms with van der Waals surface area (Å²) in [7, 11) is -3.18. The highest BCUT2D eigenvalue weighted by molar-refractivity contribution is 7.92. The lowest BCUT2D eigenvalue weighted by Gasteiger charge is -2.32. The van der Waals surface area contributed by atoms with E-state index in [1.807, 2.05) is 6.92 Å². The second kappa shape index (κ2) is 2.80. The van der Waals surface area contributed by atoms with Crippen molar-refractivity contribution in [3.63, 3.8) is 0 Å². The average molecular weight is 248 g/mol. The molecule has 5 atom stereocenters. The van der Waals surface area contributed by atoms with Crippen LogP contribution >= 0.6 is 0 Å². The summed E-state index contributed by atoms with van der Waals surface area (Å²) in [6, 6.07) is 0. The molecule has 3 fully saturated rings. The van der Waals surface area contributed by atoms with Crippen LogP contribution in [0.5, 0.6) is 0 Å². The van der Waals surface area contributed by atoms with Gasteiger partial charge in [-0.1, -0.05) is 6.92 Å². The van der Waals surface area contributed by atoms with E-state index >= 15 is 0 Å². The summed E-state index contributed by atoms with van der Waals surface area (Å²) in [4.78, 5) is 0. The molecule has 3 saturated heterocycles. The second-order valence-electron chi connectivity index (χ2n) is 5.36. The minimum absolute atomic E-state index is 0.0156. The fraction of sp³-hybridized carbons (Fsp3) is 1.00. The highest BCUT2D eigenvalue weighted by atomic mass is 32.2. The second-order valence-corrected chi connectivity index (χ2v) is 7.58. The summed E-state index contributed by atoms with van der Waals surface area (Å²) in [6.07, 6.45) is 0.323. The zero-order valence-electron chi connectivity index (χ0n) is 9.09. The van der Waals surface area contributed by atoms with Crippen LogP contribution in [0, 0.1) is 11.8 Å². The molecule has 0 aromatic rings. The van der Waals surface area contributed by atoms with Crippen molar-refractivity contribution in [1.82, 2.24) is 0 Å². The van der Waals surface area contributed by atoms with Crippen molar-refractivity contribution in [3.05, 3.63) is 0 Å². The van der Waals surface area contributed by atoms with Crippen LogP contribution < -0.4 is 0 Å². The monoisotopic (exact) mass is 248 g/mol. The molecule has 92 valence electrons. The summed E-state index contributed by atoms with van der Waals surface area (Å²) >= 11 is 0. The number of sulfone groups is 1. The van der Waals surface area contributed by atoms with Gasteiger partial charge in [-0.15, -0.1) is 0 Å². The Morgan fingerprint density at radius 2 is 2.06 bits per heavy atom. The van der Waals surface area contributed by atoms with Gasteiger partial charge in [0.2, 0.25) is 0 Å². The molecule has 3 rings (SSSR count). The molecule has 0 amide bonds. The topological polar surface area (TPSA) is 83.8 Å². The van der Waals surface area contributed by atoms with Crippen LogP contribution in [0.2, 0.25) is 0 Å². The van der Waals surface area contributed by atoms with E-state index in [-0.39, 0.29) is 30.8 Å². The minimum Gasteiger partial charge on any atom is -0.393 e. The molecule has 3 aliphatic heterocycles. The molecule has 3 heterocycles. The van der Waals surface area contributed by atoms with Gasteiger partial charge in [0.1, 0.15) is 5.60 Å². The van der Waals surface area contributed by atoms with E-state index in [0.29, 0.717) is 6.42 Å². The molecule has 0 aromatic heterocycles. The Kier molecular flexibility index (Phi) is 1.92. The van der Waals surface area contributed by atoms with Crippen LogP contribution in [0.3, 0.4) is 0 Å². The van der Waals surface area contributed by atoms with Gasteiger partial charge in [0.05, 0.1) is 29.8 Å². The Balaban J connectivity index is 2.17. The van der Waals surface area contributed by atoms with Crippen LogP contribution in [0.4, 0.5) is 0 Å². The van der Waals surface area contributed by atoms with Crippen molar-refractivity contribution in [2.45, 2.75) is 29.8 Å². The third-order valence-electron chi connectivity index (χ3n) is 4.89. The molecule has 0 spiro atoms. The van der Waals surface area contributed by atoms with E-state index in [9.17, 15) is 18.6 Å². The van der Waals surface area contributed by atoms with Gasteiger partial charge in [0, 0.05) is 5.92 Å². The summed E-state index contributed by atoms with van der Waals surface area (Å²) in [6.45, 7) is 1.47. The lowest BCUT2D eigenvalue weighted by molar-refractivity contribution is -0.102. The Morgan fingerprint density at radius 1 is 1.38 bits per heavy atom. The first-order chi connectivity index (χ1) is 7.42. The predicted octanol–water partition coefficient (Wildman–Crippen LogP) is -1.07. The van der Waals surface area contributed by atoms with Crippen LogP contribution in [0.15, 0.2) is 0 Å². The molecule has 16 heavy (non-hydrogen) atoms. The van der Waals surface area contributed by atoms with E-state index in [2.05, 4.69) is 0 Å². The number of fused-ring (bicyclic) bond motifs is 1. The van der Waals surface area contributed by atoms with E-state index in [4.69, 9.17) is 4.74 Å². The molecular formula is C10H16O5S. The van der Waals surface area contributed by atoms with Gasteiger partial charge in [-0.05, 0) is 12.3 Å². The van der Waals surface area contributed by atoms with Gasteiger partial charge < -0.3 is 14.9 Å². The van der Waals surface area contributed by atoms with Crippen LogP contribution in [-0.2, 0) is 14.6 Å². The van der Waals surface area contributed by atoms with E-state index in [0.717, 1.165) is 0 Å². The van der Waals surface area contributed by atoms with Gasteiger partial charge in [0.15, 0.2) is 9.84 Å². The van der Waals surface area contributed by atoms with Gasteiger partial charge in [-0.3, -0.25) is 0 Å². The first-order valence-corrected chi connectivity index (χ1v) is 7.27. The van der Waals surface area contributed by atoms with Crippen molar-refractivity contribution in [2.24, 2.45) is 11.8 Å². The first kappa shape index (κ1) is 11.0. The highest BCUT2D eigenvalue weighted by Crippen LogP contribution is 2.63. The number of hydrogen-bond acceptors (Lipinski definition) is 5. The molecule has 5 nitrogen and oxygen atoms in total. The molecule has 5 unspecified atom stereocenters. The number of hydrogen-bond donors (Lipinski definition) is 2. The lowest BCUT2D eigenvalue weighted by atomic mass is 9.68. The van der Waals surface area contributed by atoms with Gasteiger partial charge in [0.25, 0.3) is 0 Å². The molecule has 3 aliphatic rings. The van der Waals surface area contributed by atoms with Gasteiger partial charge in [-0.2, -0.15) is 0 Å². The van der Waals surface area contributed by atoms with Gasteiger partial charge in [-0.25, -0.2) is 8.42 Å². The maximum atomic E-state index is 12.0. The van der Waals surface area contributed by atoms with Crippen LogP contribution in [0.25, 0.3) is 0 Å². The fourth-order valence-corrected chi connectivity index (χ4v) is 6.68. The number of rotatable bonds is 2. The first-order valence-electron chi connectivity index (χ1n) is 5.55. The number of aliphatic hydroxyl groups is 2. The molecule has 0 aliphatic carbocycles. The third kappa shape index (κ3) is 0.917. The van der Waals surface area contributed by atoms with Gasteiger partial charge >= 0.3 is 0 Å². The predicted molar refractivity (Wildman–Crippen MR) is 55.6 cm³/mol. The fourth-order valence-electron chi connectivity index (χ4n) is 3.93. The maximum Gasteiger partial charge on any atom is 0.156 e. The Hall–Kier alpha value is -0.170. The highest BCUT2D eigenvalue weighted by Gasteiger charge is 2.76. The molecular weight excluding hydrogens is 232 g/mol. The molecule has 6 heteroatoms. The summed E-state index contributed by atoms with van der Waals surface area (Å²) in [5.74, 6) is -0.104. The average Bonchev–Trinajstić information content (AvgIpc) is 2.76. The number of aliphatic hydroxyl groups excluding tert-OH is 2. The Labute approximate surface area is 94.3 Å². The smallest absolute Gasteiger partial charge is 0.156 e. The van der Waals surface area contributed by atoms with Crippen molar-refractivity contribution >= 4 is 9.84 Å². The zero-order valence-corrected chi connectivity index (χ0v) is 9.90. The van der Waals surface area contributed by atoms with Crippen molar-refractivity contribution in [1.29, 1.82) is 0 Å². The minimum atomic E-state index is -3.18. The largest absolute Gasteiger partial charge is 0.393 e. The van der Waals surface area contributed by atoms with Crippen LogP contribution in [0.1, 0.15) is 13.3 Å². The Morgan fingerprint density at radius 3 is 2.56 bits per heavy atom. The van der Waals surface area contributed by atoms with Crippen molar-refractivity contribution < 1.29 is 23.4 Å². The van der Waals surface area contributed by atoms with E-state index in [1.165, 1.54) is 0 Å². The summed E-state index contributed by atoms with van der Waals surface area (Å²) in [5, 5.41) is 18.3. The molecule has 0 radical (unpaired) electrons. The van der Waals surface area contributed by atoms with E-state index < -0.39 is 26.3 Å². The summed E-state index contributed by atoms with van der Waals surface area (Å²) < 4.78 is 29.8. The molecule has 2 N–H and O–H groups in total. The molecule has 0 saturated carbocycles. The molecule has 2 bridgehead atoms. The van der Waals surface area contributed by atoms with Crippen molar-refractivity contribution in [3.8, 4) is 0 Å². The normalized spacial score (nSPS) is 57.1. The quantitative estimate of drug-likeness (QED) is 0.650. The summed E-state index contributed by atoms with van der Waals surface area (Å²) in [5.41, 5.74) is -1.69. The van der Waals surface area contributed by atoms with Crippen LogP contribution in [-0.4, -0.2) is 54.0 Å². The Bertz CT molecular complexity index is 432. The lowest BCUT2D eigenvalue weighted by Crippen LogP contribution is -2.47. The molecule has 0 aromatic carbocycles. The van der Waals surface area contributed by atoms with Crippen molar-refractivity contribution in [2.75, 3.05) is 19.0 Å². The SMILES string of the molecule is CC1C2CS(=O)(=O)C3CC1(CO)OC23CO. The number of ether oxygens (including phenoxy) is 1.